The molecule has 0 bridgehead atoms. The Bertz CT molecular complexity index is 803. The summed E-state index contributed by atoms with van der Waals surface area (Å²) in [6.45, 7) is 2.56. The summed E-state index contributed by atoms with van der Waals surface area (Å²) in [4.78, 5) is 35.9. The molecule has 0 saturated carbocycles. The van der Waals surface area contributed by atoms with Crippen LogP contribution >= 0.6 is 0 Å². The molecule has 25 heavy (non-hydrogen) atoms. The summed E-state index contributed by atoms with van der Waals surface area (Å²) in [6.07, 6.45) is 4.55. The molecule has 128 valence electrons. The minimum absolute atomic E-state index is 0.0230. The van der Waals surface area contributed by atoms with Crippen molar-refractivity contribution >= 4 is 23.2 Å². The van der Waals surface area contributed by atoms with Crippen LogP contribution in [-0.4, -0.2) is 59.5 Å². The summed E-state index contributed by atoms with van der Waals surface area (Å²) in [7, 11) is 0. The predicted molar refractivity (Wildman–Crippen MR) is 90.7 cm³/mol. The van der Waals surface area contributed by atoms with Crippen molar-refractivity contribution in [1.82, 2.24) is 14.9 Å². The molecule has 0 radical (unpaired) electrons. The summed E-state index contributed by atoms with van der Waals surface area (Å²) in [5, 5.41) is 2.82. The first-order chi connectivity index (χ1) is 12.2. The van der Waals surface area contributed by atoms with E-state index in [1.54, 1.807) is 11.1 Å². The molecule has 4 rings (SSSR count). The molecule has 0 aliphatic carbocycles. The highest BCUT2D eigenvalue weighted by atomic mass is 16.5. The lowest BCUT2D eigenvalue weighted by Crippen LogP contribution is -2.49. The molecule has 1 aromatic heterocycles. The van der Waals surface area contributed by atoms with E-state index in [0.717, 1.165) is 5.69 Å². The molecular formula is C17H17N5O3. The number of fused-ring (bicyclic) bond motifs is 1. The van der Waals surface area contributed by atoms with E-state index in [2.05, 4.69) is 20.2 Å². The fraction of sp³-hybridized carbons (Fsp3) is 0.294. The van der Waals surface area contributed by atoms with Crippen LogP contribution in [0.3, 0.4) is 0 Å². The van der Waals surface area contributed by atoms with Crippen molar-refractivity contribution < 1.29 is 14.3 Å². The minimum Gasteiger partial charge on any atom is -0.479 e. The molecule has 1 saturated heterocycles. The summed E-state index contributed by atoms with van der Waals surface area (Å²) >= 11 is 0. The van der Waals surface area contributed by atoms with Crippen molar-refractivity contribution in [2.45, 2.75) is 0 Å². The maximum Gasteiger partial charge on any atom is 0.274 e. The van der Waals surface area contributed by atoms with Crippen molar-refractivity contribution in [1.29, 1.82) is 0 Å². The van der Waals surface area contributed by atoms with E-state index in [9.17, 15) is 9.59 Å². The lowest BCUT2D eigenvalue weighted by molar-refractivity contribution is -0.118. The number of carbonyl (C=O) groups excluding carboxylic acids is 2. The molecule has 2 aliphatic rings. The van der Waals surface area contributed by atoms with Gasteiger partial charge in [-0.05, 0) is 12.1 Å². The number of amides is 2. The average Bonchev–Trinajstić information content (AvgIpc) is 2.67. The van der Waals surface area contributed by atoms with Gasteiger partial charge < -0.3 is 19.9 Å². The molecule has 8 nitrogen and oxygen atoms in total. The van der Waals surface area contributed by atoms with Crippen LogP contribution in [0.4, 0.5) is 11.4 Å². The molecule has 0 spiro atoms. The van der Waals surface area contributed by atoms with Gasteiger partial charge in [-0.3, -0.25) is 14.6 Å². The molecule has 0 atom stereocenters. The molecule has 1 aromatic carbocycles. The van der Waals surface area contributed by atoms with E-state index >= 15 is 0 Å². The Morgan fingerprint density at radius 1 is 1.16 bits per heavy atom. The van der Waals surface area contributed by atoms with E-state index in [1.165, 1.54) is 12.4 Å². The zero-order valence-corrected chi connectivity index (χ0v) is 13.5. The second kappa shape index (κ2) is 6.39. The van der Waals surface area contributed by atoms with Crippen molar-refractivity contribution in [3.63, 3.8) is 0 Å². The first kappa shape index (κ1) is 15.4. The number of benzene rings is 1. The predicted octanol–water partition coefficient (Wildman–Crippen LogP) is 0.770. The number of anilines is 2. The van der Waals surface area contributed by atoms with Crippen LogP contribution in [0.1, 0.15) is 10.5 Å². The molecule has 0 unspecified atom stereocenters. The van der Waals surface area contributed by atoms with Crippen molar-refractivity contribution in [3.05, 3.63) is 42.5 Å². The standard InChI is InChI=1S/C17H17N5O3/c23-15-11-25-16-12(20-15)2-1-3-14(16)21-6-8-22(9-7-21)17(24)13-10-18-4-5-19-13/h1-5,10H,6-9,11H2,(H,20,23). The average molecular weight is 339 g/mol. The van der Waals surface area contributed by atoms with E-state index in [-0.39, 0.29) is 18.4 Å². The van der Waals surface area contributed by atoms with Crippen LogP contribution in [0, 0.1) is 0 Å². The van der Waals surface area contributed by atoms with Gasteiger partial charge >= 0.3 is 0 Å². The number of nitrogens with one attached hydrogen (secondary N) is 1. The number of nitrogens with zero attached hydrogens (tertiary/aromatic N) is 4. The number of hydrogen-bond donors (Lipinski definition) is 1. The molecule has 1 N–H and O–H groups in total. The number of piperazine rings is 1. The van der Waals surface area contributed by atoms with Crippen LogP contribution in [-0.2, 0) is 4.79 Å². The maximum absolute atomic E-state index is 12.4. The first-order valence-corrected chi connectivity index (χ1v) is 8.08. The van der Waals surface area contributed by atoms with Gasteiger partial charge in [0.15, 0.2) is 12.4 Å². The lowest BCUT2D eigenvalue weighted by atomic mass is 10.2. The Morgan fingerprint density at radius 2 is 2.00 bits per heavy atom. The van der Waals surface area contributed by atoms with E-state index in [4.69, 9.17) is 4.74 Å². The van der Waals surface area contributed by atoms with Gasteiger partial charge in [0.1, 0.15) is 5.69 Å². The Hall–Kier alpha value is -3.16. The highest BCUT2D eigenvalue weighted by molar-refractivity contribution is 5.97. The normalized spacial score (nSPS) is 16.7. The zero-order chi connectivity index (χ0) is 17.2. The van der Waals surface area contributed by atoms with Crippen LogP contribution in [0.2, 0.25) is 0 Å². The van der Waals surface area contributed by atoms with Crippen molar-refractivity contribution in [2.24, 2.45) is 0 Å². The van der Waals surface area contributed by atoms with Crippen molar-refractivity contribution in [2.75, 3.05) is 43.0 Å². The summed E-state index contributed by atoms with van der Waals surface area (Å²) in [5.74, 6) is 0.436. The molecule has 8 heteroatoms. The largest absolute Gasteiger partial charge is 0.479 e. The third-order valence-electron chi connectivity index (χ3n) is 4.31. The molecule has 2 aromatic rings. The van der Waals surface area contributed by atoms with Crippen LogP contribution in [0.5, 0.6) is 5.75 Å². The quantitative estimate of drug-likeness (QED) is 0.870. The Kier molecular flexibility index (Phi) is 3.93. The zero-order valence-electron chi connectivity index (χ0n) is 13.5. The lowest BCUT2D eigenvalue weighted by Gasteiger charge is -2.37. The van der Waals surface area contributed by atoms with E-state index in [1.807, 2.05) is 18.2 Å². The highest BCUT2D eigenvalue weighted by Gasteiger charge is 2.27. The van der Waals surface area contributed by atoms with Gasteiger partial charge in [-0.25, -0.2) is 4.98 Å². The second-order valence-corrected chi connectivity index (χ2v) is 5.86. The van der Waals surface area contributed by atoms with Gasteiger partial charge in [-0.15, -0.1) is 0 Å². The van der Waals surface area contributed by atoms with E-state index in [0.29, 0.717) is 43.3 Å². The van der Waals surface area contributed by atoms with Gasteiger partial charge in [-0.1, -0.05) is 6.07 Å². The third kappa shape index (κ3) is 2.98. The molecule has 3 heterocycles. The number of ether oxygens (including phenoxy) is 1. The summed E-state index contributed by atoms with van der Waals surface area (Å²) in [5.41, 5.74) is 1.98. The third-order valence-corrected chi connectivity index (χ3v) is 4.31. The second-order valence-electron chi connectivity index (χ2n) is 5.86. The monoisotopic (exact) mass is 339 g/mol. The number of hydrogen-bond acceptors (Lipinski definition) is 6. The minimum atomic E-state index is -0.149. The van der Waals surface area contributed by atoms with Gasteiger partial charge in [0, 0.05) is 38.6 Å². The van der Waals surface area contributed by atoms with Gasteiger partial charge in [-0.2, -0.15) is 0 Å². The van der Waals surface area contributed by atoms with Crippen LogP contribution < -0.4 is 15.0 Å². The van der Waals surface area contributed by atoms with Crippen molar-refractivity contribution in [3.8, 4) is 5.75 Å². The van der Waals surface area contributed by atoms with E-state index < -0.39 is 0 Å². The highest BCUT2D eigenvalue weighted by Crippen LogP contribution is 2.38. The maximum atomic E-state index is 12.4. The topological polar surface area (TPSA) is 87.7 Å². The summed E-state index contributed by atoms with van der Waals surface area (Å²) < 4.78 is 5.61. The molecule has 2 amide bonds. The fourth-order valence-corrected chi connectivity index (χ4v) is 3.07. The first-order valence-electron chi connectivity index (χ1n) is 8.08. The number of aromatic nitrogens is 2. The number of carbonyl (C=O) groups is 2. The van der Waals surface area contributed by atoms with Crippen LogP contribution in [0.15, 0.2) is 36.8 Å². The molecule has 1 fully saturated rings. The summed E-state index contributed by atoms with van der Waals surface area (Å²) in [6, 6.07) is 5.68. The van der Waals surface area contributed by atoms with Gasteiger partial charge in [0.2, 0.25) is 0 Å². The fourth-order valence-electron chi connectivity index (χ4n) is 3.07. The number of para-hydroxylation sites is 1. The SMILES string of the molecule is O=C1COc2c(cccc2N2CCN(C(=O)c3cnccn3)CC2)N1. The van der Waals surface area contributed by atoms with Gasteiger partial charge in [0.25, 0.3) is 11.8 Å². The van der Waals surface area contributed by atoms with Crippen LogP contribution in [0.25, 0.3) is 0 Å². The Balaban J connectivity index is 1.47. The Labute approximate surface area is 144 Å². The van der Waals surface area contributed by atoms with Gasteiger partial charge in [0.05, 0.1) is 17.6 Å². The number of rotatable bonds is 2. The molecular weight excluding hydrogens is 322 g/mol. The molecule has 2 aliphatic heterocycles. The smallest absolute Gasteiger partial charge is 0.274 e. The Morgan fingerprint density at radius 3 is 2.76 bits per heavy atom.